The van der Waals surface area contributed by atoms with Crippen molar-refractivity contribution in [3.63, 3.8) is 0 Å². The first-order valence-electron chi connectivity index (χ1n) is 12.0. The van der Waals surface area contributed by atoms with Crippen molar-refractivity contribution in [2.75, 3.05) is 6.61 Å². The first kappa shape index (κ1) is 22.4. The monoisotopic (exact) mass is 433 g/mol. The summed E-state index contributed by atoms with van der Waals surface area (Å²) in [6.45, 7) is 7.66. The molecule has 0 saturated heterocycles. The van der Waals surface area contributed by atoms with E-state index in [9.17, 15) is 4.79 Å². The van der Waals surface area contributed by atoms with E-state index in [-0.39, 0.29) is 17.9 Å². The summed E-state index contributed by atoms with van der Waals surface area (Å²) in [7, 11) is 0. The molecule has 1 unspecified atom stereocenters. The number of benzene rings is 2. The van der Waals surface area contributed by atoms with E-state index in [1.165, 1.54) is 17.5 Å². The highest BCUT2D eigenvalue weighted by atomic mass is 16.5. The van der Waals surface area contributed by atoms with E-state index in [0.717, 1.165) is 61.3 Å². The number of carbonyl (C=O) groups excluding carboxylic acids is 1. The van der Waals surface area contributed by atoms with Gasteiger partial charge < -0.3 is 14.6 Å². The molecular formula is C27H35N3O2. The maximum Gasteiger partial charge on any atom is 0.223 e. The molecule has 5 nitrogen and oxygen atoms in total. The molecule has 1 aliphatic carbocycles. The highest BCUT2D eigenvalue weighted by molar-refractivity contribution is 5.80. The minimum Gasteiger partial charge on any atom is -0.494 e. The van der Waals surface area contributed by atoms with Crippen LogP contribution in [0, 0.1) is 19.8 Å². The average Bonchev–Trinajstić information content (AvgIpc) is 3.15. The summed E-state index contributed by atoms with van der Waals surface area (Å²) in [4.78, 5) is 17.7. The van der Waals surface area contributed by atoms with Crippen molar-refractivity contribution < 1.29 is 9.53 Å². The second kappa shape index (κ2) is 10.2. The third-order valence-electron chi connectivity index (χ3n) is 6.40. The van der Waals surface area contributed by atoms with Crippen LogP contribution in [0.25, 0.3) is 11.0 Å². The first-order valence-corrected chi connectivity index (χ1v) is 12.0. The second-order valence-corrected chi connectivity index (χ2v) is 9.20. The van der Waals surface area contributed by atoms with Crippen molar-refractivity contribution in [2.24, 2.45) is 5.92 Å². The Kier molecular flexibility index (Phi) is 7.13. The number of carbonyl (C=O) groups is 1. The zero-order chi connectivity index (χ0) is 22.5. The Labute approximate surface area is 191 Å². The van der Waals surface area contributed by atoms with Gasteiger partial charge in [0.05, 0.1) is 23.7 Å². The summed E-state index contributed by atoms with van der Waals surface area (Å²) in [6, 6.07) is 14.4. The topological polar surface area (TPSA) is 56.1 Å². The average molecular weight is 434 g/mol. The number of nitrogens with one attached hydrogen (secondary N) is 1. The van der Waals surface area contributed by atoms with E-state index in [0.29, 0.717) is 6.61 Å². The molecule has 0 radical (unpaired) electrons. The lowest BCUT2D eigenvalue weighted by atomic mass is 9.88. The Morgan fingerprint density at radius 2 is 1.84 bits per heavy atom. The van der Waals surface area contributed by atoms with E-state index in [1.807, 2.05) is 25.1 Å². The van der Waals surface area contributed by atoms with Crippen LogP contribution < -0.4 is 10.1 Å². The number of rotatable bonds is 8. The van der Waals surface area contributed by atoms with Crippen LogP contribution in [-0.4, -0.2) is 22.1 Å². The van der Waals surface area contributed by atoms with Crippen molar-refractivity contribution >= 4 is 16.9 Å². The van der Waals surface area contributed by atoms with Crippen LogP contribution in [-0.2, 0) is 11.3 Å². The molecule has 1 amide bonds. The molecule has 1 saturated carbocycles. The van der Waals surface area contributed by atoms with Gasteiger partial charge in [0, 0.05) is 12.5 Å². The van der Waals surface area contributed by atoms with E-state index < -0.39 is 0 Å². The summed E-state index contributed by atoms with van der Waals surface area (Å²) in [5, 5.41) is 3.24. The smallest absolute Gasteiger partial charge is 0.223 e. The van der Waals surface area contributed by atoms with Gasteiger partial charge >= 0.3 is 0 Å². The van der Waals surface area contributed by atoms with Gasteiger partial charge in [-0.05, 0) is 75.4 Å². The Bertz CT molecular complexity index is 1050. The molecule has 2 aromatic carbocycles. The van der Waals surface area contributed by atoms with Gasteiger partial charge in [-0.3, -0.25) is 4.79 Å². The van der Waals surface area contributed by atoms with Crippen LogP contribution in [0.4, 0.5) is 0 Å². The molecule has 1 heterocycles. The Morgan fingerprint density at radius 1 is 1.12 bits per heavy atom. The molecule has 0 spiro atoms. The molecule has 0 bridgehead atoms. The number of fused-ring (bicyclic) bond motifs is 1. The van der Waals surface area contributed by atoms with Crippen molar-refractivity contribution in [3.05, 3.63) is 59.4 Å². The lowest BCUT2D eigenvalue weighted by Crippen LogP contribution is -2.35. The lowest BCUT2D eigenvalue weighted by Gasteiger charge is -2.23. The van der Waals surface area contributed by atoms with Gasteiger partial charge in [0.2, 0.25) is 5.91 Å². The molecule has 1 aliphatic rings. The van der Waals surface area contributed by atoms with Crippen LogP contribution >= 0.6 is 0 Å². The molecule has 3 aromatic rings. The number of aromatic nitrogens is 2. The largest absolute Gasteiger partial charge is 0.494 e. The van der Waals surface area contributed by atoms with Crippen molar-refractivity contribution in [1.82, 2.24) is 14.9 Å². The Balaban J connectivity index is 1.44. The van der Waals surface area contributed by atoms with Crippen LogP contribution in [0.1, 0.15) is 68.4 Å². The molecule has 4 rings (SSSR count). The fourth-order valence-electron chi connectivity index (χ4n) is 4.85. The van der Waals surface area contributed by atoms with Gasteiger partial charge in [0.1, 0.15) is 11.6 Å². The fourth-order valence-corrected chi connectivity index (χ4v) is 4.85. The van der Waals surface area contributed by atoms with E-state index in [4.69, 9.17) is 9.72 Å². The van der Waals surface area contributed by atoms with E-state index >= 15 is 0 Å². The number of ether oxygens (including phenoxy) is 1. The second-order valence-electron chi connectivity index (χ2n) is 9.20. The van der Waals surface area contributed by atoms with Crippen molar-refractivity contribution in [2.45, 2.75) is 71.9 Å². The van der Waals surface area contributed by atoms with Crippen LogP contribution in [0.3, 0.4) is 0 Å². The van der Waals surface area contributed by atoms with E-state index in [1.54, 1.807) is 0 Å². The van der Waals surface area contributed by atoms with Gasteiger partial charge in [-0.1, -0.05) is 37.5 Å². The predicted molar refractivity (Wildman–Crippen MR) is 129 cm³/mol. The third kappa shape index (κ3) is 5.32. The highest BCUT2D eigenvalue weighted by Crippen LogP contribution is 2.26. The molecule has 1 aromatic heterocycles. The van der Waals surface area contributed by atoms with Gasteiger partial charge in [-0.15, -0.1) is 0 Å². The SMILES string of the molecule is Cc1cc(C)cc(OCCCn2c(C(C)NC(=O)C3CCCCC3)nc3ccccc32)c1. The molecule has 1 N–H and O–H groups in total. The van der Waals surface area contributed by atoms with Crippen molar-refractivity contribution in [3.8, 4) is 5.75 Å². The van der Waals surface area contributed by atoms with Crippen molar-refractivity contribution in [1.29, 1.82) is 0 Å². The number of amides is 1. The fraction of sp³-hybridized carbons (Fsp3) is 0.481. The predicted octanol–water partition coefficient (Wildman–Crippen LogP) is 5.88. The summed E-state index contributed by atoms with van der Waals surface area (Å²) in [6.07, 6.45) is 6.44. The molecule has 1 fully saturated rings. The minimum absolute atomic E-state index is 0.128. The number of hydrogen-bond donors (Lipinski definition) is 1. The lowest BCUT2D eigenvalue weighted by molar-refractivity contribution is -0.126. The van der Waals surface area contributed by atoms with Gasteiger partial charge in [0.15, 0.2) is 0 Å². The summed E-state index contributed by atoms with van der Waals surface area (Å²) in [5.41, 5.74) is 4.50. The van der Waals surface area contributed by atoms with Gasteiger partial charge in [-0.25, -0.2) is 4.98 Å². The highest BCUT2D eigenvalue weighted by Gasteiger charge is 2.24. The van der Waals surface area contributed by atoms with Gasteiger partial charge in [-0.2, -0.15) is 0 Å². The number of hydrogen-bond acceptors (Lipinski definition) is 3. The third-order valence-corrected chi connectivity index (χ3v) is 6.40. The zero-order valence-corrected chi connectivity index (χ0v) is 19.6. The van der Waals surface area contributed by atoms with Crippen LogP contribution in [0.15, 0.2) is 42.5 Å². The Hall–Kier alpha value is -2.82. The molecule has 1 atom stereocenters. The number of aryl methyl sites for hydroxylation is 3. The number of para-hydroxylation sites is 2. The molecule has 170 valence electrons. The van der Waals surface area contributed by atoms with Crippen LogP contribution in [0.2, 0.25) is 0 Å². The molecule has 5 heteroatoms. The summed E-state index contributed by atoms with van der Waals surface area (Å²) >= 11 is 0. The maximum atomic E-state index is 12.8. The molecular weight excluding hydrogens is 398 g/mol. The standard InChI is InChI=1S/C27H35N3O2/c1-19-16-20(2)18-23(17-19)32-15-9-14-30-25-13-8-7-12-24(25)29-26(30)21(3)28-27(31)22-10-5-4-6-11-22/h7-8,12-13,16-18,21-22H,4-6,9-11,14-15H2,1-3H3,(H,28,31). The number of nitrogens with zero attached hydrogens (tertiary/aromatic N) is 2. The number of imidazole rings is 1. The zero-order valence-electron chi connectivity index (χ0n) is 19.6. The van der Waals surface area contributed by atoms with E-state index in [2.05, 4.69) is 48.0 Å². The summed E-state index contributed by atoms with van der Waals surface area (Å²) in [5.74, 6) is 2.16. The van der Waals surface area contributed by atoms with Crippen LogP contribution in [0.5, 0.6) is 5.75 Å². The quantitative estimate of drug-likeness (QED) is 0.451. The maximum absolute atomic E-state index is 12.8. The molecule has 0 aliphatic heterocycles. The molecule has 32 heavy (non-hydrogen) atoms. The Morgan fingerprint density at radius 3 is 2.59 bits per heavy atom. The normalized spacial score (nSPS) is 15.6. The minimum atomic E-state index is -0.128. The summed E-state index contributed by atoms with van der Waals surface area (Å²) < 4.78 is 8.26. The first-order chi connectivity index (χ1) is 15.5. The van der Waals surface area contributed by atoms with Gasteiger partial charge in [0.25, 0.3) is 0 Å².